The van der Waals surface area contributed by atoms with E-state index in [1.807, 2.05) is 57.2 Å². The van der Waals surface area contributed by atoms with Crippen LogP contribution in [0.3, 0.4) is 0 Å². The van der Waals surface area contributed by atoms with E-state index in [0.29, 0.717) is 0 Å². The van der Waals surface area contributed by atoms with E-state index >= 15 is 0 Å². The predicted octanol–water partition coefficient (Wildman–Crippen LogP) is 4.04. The SMILES string of the molecule is Cc1cc(C(=O)NC(C)c2ccncc2)c(C)n1Cc1ccccc1. The average molecular weight is 333 g/mol. The standard InChI is InChI=1S/C21H23N3O/c1-15-13-20(17(3)24(15)14-18-7-5-4-6-8-18)21(25)23-16(2)19-9-11-22-12-10-19/h4-13,16H,14H2,1-3H3,(H,23,25). The van der Waals surface area contributed by atoms with Crippen LogP contribution >= 0.6 is 0 Å². The lowest BCUT2D eigenvalue weighted by Crippen LogP contribution is -2.27. The molecule has 0 aliphatic heterocycles. The number of aromatic nitrogens is 2. The highest BCUT2D eigenvalue weighted by molar-refractivity contribution is 5.96. The Hall–Kier alpha value is -2.88. The summed E-state index contributed by atoms with van der Waals surface area (Å²) in [5.41, 5.74) is 5.07. The van der Waals surface area contributed by atoms with Crippen LogP contribution in [0.25, 0.3) is 0 Å². The van der Waals surface area contributed by atoms with Crippen LogP contribution in [0.5, 0.6) is 0 Å². The molecule has 128 valence electrons. The molecule has 0 bridgehead atoms. The molecule has 1 unspecified atom stereocenters. The molecule has 3 aromatic rings. The first kappa shape index (κ1) is 17.0. The zero-order valence-corrected chi connectivity index (χ0v) is 14.9. The van der Waals surface area contributed by atoms with Gasteiger partial charge in [0.05, 0.1) is 11.6 Å². The minimum atomic E-state index is -0.0623. The van der Waals surface area contributed by atoms with Crippen molar-refractivity contribution in [1.29, 1.82) is 0 Å². The van der Waals surface area contributed by atoms with Gasteiger partial charge in [0, 0.05) is 30.3 Å². The highest BCUT2D eigenvalue weighted by Crippen LogP contribution is 2.19. The molecule has 0 spiro atoms. The third-order valence-corrected chi connectivity index (χ3v) is 4.56. The van der Waals surface area contributed by atoms with Crippen molar-refractivity contribution in [3.05, 3.63) is 89.0 Å². The van der Waals surface area contributed by atoms with Gasteiger partial charge in [0.1, 0.15) is 0 Å². The van der Waals surface area contributed by atoms with Gasteiger partial charge in [-0.1, -0.05) is 30.3 Å². The summed E-state index contributed by atoms with van der Waals surface area (Å²) < 4.78 is 2.18. The van der Waals surface area contributed by atoms with Crippen LogP contribution in [0.2, 0.25) is 0 Å². The summed E-state index contributed by atoms with van der Waals surface area (Å²) in [5.74, 6) is -0.0447. The van der Waals surface area contributed by atoms with E-state index in [0.717, 1.165) is 29.1 Å². The Bertz CT molecular complexity index is 854. The number of hydrogen-bond donors (Lipinski definition) is 1. The first-order valence-electron chi connectivity index (χ1n) is 8.47. The molecule has 0 aliphatic carbocycles. The van der Waals surface area contributed by atoms with Gasteiger partial charge in [0.15, 0.2) is 0 Å². The lowest BCUT2D eigenvalue weighted by molar-refractivity contribution is 0.0939. The lowest BCUT2D eigenvalue weighted by atomic mass is 10.1. The van der Waals surface area contributed by atoms with Crippen LogP contribution in [0.1, 0.15) is 45.8 Å². The molecule has 0 fully saturated rings. The number of carbonyl (C=O) groups excluding carboxylic acids is 1. The topological polar surface area (TPSA) is 46.9 Å². The quantitative estimate of drug-likeness (QED) is 0.766. The molecule has 1 N–H and O–H groups in total. The first-order chi connectivity index (χ1) is 12.1. The Labute approximate surface area is 148 Å². The minimum absolute atomic E-state index is 0.0447. The van der Waals surface area contributed by atoms with Crippen LogP contribution < -0.4 is 5.32 Å². The fraction of sp³-hybridized carbons (Fsp3) is 0.238. The van der Waals surface area contributed by atoms with Crippen LogP contribution in [0.15, 0.2) is 60.9 Å². The maximum absolute atomic E-state index is 12.7. The Morgan fingerprint density at radius 1 is 1.12 bits per heavy atom. The molecule has 0 radical (unpaired) electrons. The monoisotopic (exact) mass is 333 g/mol. The Balaban J connectivity index is 1.78. The molecular formula is C21H23N3O. The second-order valence-corrected chi connectivity index (χ2v) is 6.33. The van der Waals surface area contributed by atoms with Crippen molar-refractivity contribution < 1.29 is 4.79 Å². The molecule has 2 heterocycles. The van der Waals surface area contributed by atoms with Gasteiger partial charge in [-0.25, -0.2) is 0 Å². The highest BCUT2D eigenvalue weighted by Gasteiger charge is 2.18. The van der Waals surface area contributed by atoms with Crippen LogP contribution in [-0.2, 0) is 6.54 Å². The zero-order valence-electron chi connectivity index (χ0n) is 14.9. The van der Waals surface area contributed by atoms with E-state index in [9.17, 15) is 4.79 Å². The third kappa shape index (κ3) is 3.79. The summed E-state index contributed by atoms with van der Waals surface area (Å²) in [6, 6.07) is 16.0. The van der Waals surface area contributed by atoms with Crippen LogP contribution in [-0.4, -0.2) is 15.5 Å². The van der Waals surface area contributed by atoms with Crippen molar-refractivity contribution in [3.63, 3.8) is 0 Å². The number of carbonyl (C=O) groups is 1. The molecule has 4 nitrogen and oxygen atoms in total. The van der Waals surface area contributed by atoms with Crippen molar-refractivity contribution in [2.24, 2.45) is 0 Å². The van der Waals surface area contributed by atoms with Gasteiger partial charge >= 0.3 is 0 Å². The fourth-order valence-corrected chi connectivity index (χ4v) is 3.05. The van der Waals surface area contributed by atoms with Crippen molar-refractivity contribution in [2.75, 3.05) is 0 Å². The molecule has 0 aliphatic rings. The second kappa shape index (κ2) is 7.34. The van der Waals surface area contributed by atoms with Gasteiger partial charge < -0.3 is 9.88 Å². The molecule has 0 saturated heterocycles. The lowest BCUT2D eigenvalue weighted by Gasteiger charge is -2.14. The van der Waals surface area contributed by atoms with Gasteiger partial charge in [0.2, 0.25) is 0 Å². The van der Waals surface area contributed by atoms with Gasteiger partial charge in [-0.3, -0.25) is 9.78 Å². The summed E-state index contributed by atoms with van der Waals surface area (Å²) >= 11 is 0. The van der Waals surface area contributed by atoms with E-state index < -0.39 is 0 Å². The summed E-state index contributed by atoms with van der Waals surface area (Å²) in [6.45, 7) is 6.79. The smallest absolute Gasteiger partial charge is 0.253 e. The maximum Gasteiger partial charge on any atom is 0.253 e. The van der Waals surface area contributed by atoms with Gasteiger partial charge in [0.25, 0.3) is 5.91 Å². The number of hydrogen-bond acceptors (Lipinski definition) is 2. The molecule has 4 heteroatoms. The molecule has 3 rings (SSSR count). The zero-order chi connectivity index (χ0) is 17.8. The van der Waals surface area contributed by atoms with Crippen molar-refractivity contribution in [2.45, 2.75) is 33.4 Å². The predicted molar refractivity (Wildman–Crippen MR) is 99.6 cm³/mol. The van der Waals surface area contributed by atoms with Gasteiger partial charge in [-0.2, -0.15) is 0 Å². The minimum Gasteiger partial charge on any atom is -0.345 e. The molecule has 1 amide bonds. The molecule has 25 heavy (non-hydrogen) atoms. The van der Waals surface area contributed by atoms with Crippen LogP contribution in [0.4, 0.5) is 0 Å². The number of nitrogens with zero attached hydrogens (tertiary/aromatic N) is 2. The average Bonchev–Trinajstić information content (AvgIpc) is 2.91. The van der Waals surface area contributed by atoms with Crippen molar-refractivity contribution in [3.8, 4) is 0 Å². The summed E-state index contributed by atoms with van der Waals surface area (Å²) in [6.07, 6.45) is 3.48. The van der Waals surface area contributed by atoms with Crippen molar-refractivity contribution >= 4 is 5.91 Å². The van der Waals surface area contributed by atoms with E-state index in [4.69, 9.17) is 0 Å². The number of aryl methyl sites for hydroxylation is 1. The number of amides is 1. The first-order valence-corrected chi connectivity index (χ1v) is 8.47. The summed E-state index contributed by atoms with van der Waals surface area (Å²) in [7, 11) is 0. The number of pyridine rings is 1. The summed E-state index contributed by atoms with van der Waals surface area (Å²) in [5, 5.41) is 3.08. The second-order valence-electron chi connectivity index (χ2n) is 6.33. The number of benzene rings is 1. The molecule has 1 atom stereocenters. The number of rotatable bonds is 5. The van der Waals surface area contributed by atoms with Gasteiger partial charge in [-0.05, 0) is 50.1 Å². The Morgan fingerprint density at radius 3 is 2.48 bits per heavy atom. The normalized spacial score (nSPS) is 12.0. The van der Waals surface area contributed by atoms with E-state index in [1.54, 1.807) is 12.4 Å². The third-order valence-electron chi connectivity index (χ3n) is 4.56. The fourth-order valence-electron chi connectivity index (χ4n) is 3.05. The van der Waals surface area contributed by atoms with E-state index in [2.05, 4.69) is 27.0 Å². The Morgan fingerprint density at radius 2 is 1.80 bits per heavy atom. The largest absolute Gasteiger partial charge is 0.345 e. The molecule has 1 aromatic carbocycles. The molecule has 0 saturated carbocycles. The molecular weight excluding hydrogens is 310 g/mol. The molecule has 2 aromatic heterocycles. The maximum atomic E-state index is 12.7. The van der Waals surface area contributed by atoms with Crippen molar-refractivity contribution in [1.82, 2.24) is 14.9 Å². The van der Waals surface area contributed by atoms with E-state index in [-0.39, 0.29) is 11.9 Å². The van der Waals surface area contributed by atoms with E-state index in [1.165, 1.54) is 5.56 Å². The highest BCUT2D eigenvalue weighted by atomic mass is 16.1. The van der Waals surface area contributed by atoms with Crippen LogP contribution in [0, 0.1) is 13.8 Å². The number of nitrogens with one attached hydrogen (secondary N) is 1. The Kier molecular flexibility index (Phi) is 4.98. The summed E-state index contributed by atoms with van der Waals surface area (Å²) in [4.78, 5) is 16.7. The van der Waals surface area contributed by atoms with Gasteiger partial charge in [-0.15, -0.1) is 0 Å².